The Morgan fingerprint density at radius 1 is 0.543 bits per heavy atom. The minimum absolute atomic E-state index is 0.372. The van der Waals surface area contributed by atoms with Crippen molar-refractivity contribution in [1.29, 1.82) is 0 Å². The van der Waals surface area contributed by atoms with E-state index in [0.717, 1.165) is 11.0 Å². The van der Waals surface area contributed by atoms with Crippen LogP contribution in [0.3, 0.4) is 0 Å². The van der Waals surface area contributed by atoms with Crippen molar-refractivity contribution in [1.82, 2.24) is 0 Å². The van der Waals surface area contributed by atoms with Gasteiger partial charge in [-0.05, 0) is 83.0 Å². The second-order valence-electron chi connectivity index (χ2n) is 10.5. The van der Waals surface area contributed by atoms with Crippen molar-refractivity contribution in [3.63, 3.8) is 0 Å². The maximum absolute atomic E-state index is 6.37. The van der Waals surface area contributed by atoms with Gasteiger partial charge in [0.15, 0.2) is 0 Å². The lowest BCUT2D eigenvalue weighted by Gasteiger charge is -2.32. The highest BCUT2D eigenvalue weighted by molar-refractivity contribution is 6.62. The van der Waals surface area contributed by atoms with Gasteiger partial charge >= 0.3 is 7.12 Å². The third-order valence-electron chi connectivity index (χ3n) is 7.69. The summed E-state index contributed by atoms with van der Waals surface area (Å²) in [6, 6.07) is 37.0. The fraction of sp³-hybridized carbons (Fsp3) is 0.188. The summed E-state index contributed by atoms with van der Waals surface area (Å²) in [5.74, 6) is 0. The van der Waals surface area contributed by atoms with Crippen LogP contribution in [0.2, 0.25) is 0 Å². The first-order valence-corrected chi connectivity index (χ1v) is 12.3. The number of benzene rings is 5. The third kappa shape index (κ3) is 3.76. The second kappa shape index (κ2) is 8.08. The summed E-state index contributed by atoms with van der Waals surface area (Å²) >= 11 is 0. The summed E-state index contributed by atoms with van der Waals surface area (Å²) in [5, 5.41) is 4.97. The highest BCUT2D eigenvalue weighted by Crippen LogP contribution is 2.40. The maximum Gasteiger partial charge on any atom is 0.494 e. The Morgan fingerprint density at radius 2 is 1.20 bits per heavy atom. The Labute approximate surface area is 207 Å². The molecule has 5 aromatic carbocycles. The molecule has 1 aliphatic rings. The van der Waals surface area contributed by atoms with Crippen molar-refractivity contribution >= 4 is 34.1 Å². The number of fused-ring (bicyclic) bond motifs is 2. The Hall–Kier alpha value is -3.40. The highest BCUT2D eigenvalue weighted by Gasteiger charge is 2.51. The van der Waals surface area contributed by atoms with Crippen LogP contribution in [-0.2, 0) is 9.31 Å². The fourth-order valence-electron chi connectivity index (χ4n) is 5.00. The zero-order chi connectivity index (χ0) is 24.2. The SMILES string of the molecule is CC1(C)OB(c2cccc(-c3c(-c4ccc5ccccc5c4)ccc4ccccc34)c2)OC1(C)C. The molecule has 0 amide bonds. The summed E-state index contributed by atoms with van der Waals surface area (Å²) < 4.78 is 12.7. The van der Waals surface area contributed by atoms with E-state index in [4.69, 9.17) is 9.31 Å². The van der Waals surface area contributed by atoms with Crippen LogP contribution in [0.25, 0.3) is 43.8 Å². The zero-order valence-electron chi connectivity index (χ0n) is 20.7. The topological polar surface area (TPSA) is 18.5 Å². The van der Waals surface area contributed by atoms with Crippen molar-refractivity contribution < 1.29 is 9.31 Å². The molecule has 172 valence electrons. The van der Waals surface area contributed by atoms with E-state index < -0.39 is 0 Å². The molecule has 1 fully saturated rings. The number of hydrogen-bond donors (Lipinski definition) is 0. The minimum atomic E-state index is -0.390. The van der Waals surface area contributed by atoms with E-state index in [9.17, 15) is 0 Å². The van der Waals surface area contributed by atoms with E-state index in [1.165, 1.54) is 38.2 Å². The van der Waals surface area contributed by atoms with Gasteiger partial charge in [0.1, 0.15) is 0 Å². The first kappa shape index (κ1) is 22.1. The molecule has 6 rings (SSSR count). The van der Waals surface area contributed by atoms with Gasteiger partial charge in [0.2, 0.25) is 0 Å². The van der Waals surface area contributed by atoms with Crippen molar-refractivity contribution in [2.75, 3.05) is 0 Å². The molecule has 0 spiro atoms. The normalized spacial score (nSPS) is 16.7. The molecule has 1 heterocycles. The van der Waals surface area contributed by atoms with Gasteiger partial charge in [-0.3, -0.25) is 0 Å². The van der Waals surface area contributed by atoms with Crippen LogP contribution in [0.1, 0.15) is 27.7 Å². The second-order valence-corrected chi connectivity index (χ2v) is 10.5. The van der Waals surface area contributed by atoms with Gasteiger partial charge in [-0.25, -0.2) is 0 Å². The standard InChI is InChI=1S/C32H29BO2/c1-31(2)32(3,4)35-33(34-31)27-14-9-13-26(21-27)30-28-15-8-7-11-23(28)18-19-29(30)25-17-16-22-10-5-6-12-24(22)20-25/h5-21H,1-4H3. The lowest BCUT2D eigenvalue weighted by molar-refractivity contribution is 0.00578. The first-order valence-electron chi connectivity index (χ1n) is 12.3. The molecule has 0 atom stereocenters. The Morgan fingerprint density at radius 3 is 1.97 bits per heavy atom. The Bertz CT molecular complexity index is 1550. The molecule has 0 aliphatic carbocycles. The molecule has 0 unspecified atom stereocenters. The van der Waals surface area contributed by atoms with E-state index in [-0.39, 0.29) is 18.3 Å². The van der Waals surface area contributed by atoms with E-state index in [1.54, 1.807) is 0 Å². The molecular weight excluding hydrogens is 427 g/mol. The monoisotopic (exact) mass is 456 g/mol. The Balaban J connectivity index is 1.53. The molecule has 0 radical (unpaired) electrons. The number of hydrogen-bond acceptors (Lipinski definition) is 2. The molecule has 35 heavy (non-hydrogen) atoms. The highest BCUT2D eigenvalue weighted by atomic mass is 16.7. The van der Waals surface area contributed by atoms with Crippen LogP contribution in [0.15, 0.2) is 103 Å². The zero-order valence-corrected chi connectivity index (χ0v) is 20.7. The van der Waals surface area contributed by atoms with Gasteiger partial charge in [-0.2, -0.15) is 0 Å². The van der Waals surface area contributed by atoms with Gasteiger partial charge in [0.25, 0.3) is 0 Å². The molecule has 0 aromatic heterocycles. The molecule has 2 nitrogen and oxygen atoms in total. The maximum atomic E-state index is 6.37. The summed E-state index contributed by atoms with van der Waals surface area (Å²) in [7, 11) is -0.390. The minimum Gasteiger partial charge on any atom is -0.399 e. The summed E-state index contributed by atoms with van der Waals surface area (Å²) in [6.07, 6.45) is 0. The predicted molar refractivity (Wildman–Crippen MR) is 148 cm³/mol. The molecule has 1 saturated heterocycles. The van der Waals surface area contributed by atoms with E-state index in [1.807, 2.05) is 0 Å². The summed E-state index contributed by atoms with van der Waals surface area (Å²) in [4.78, 5) is 0. The average molecular weight is 456 g/mol. The number of rotatable bonds is 3. The average Bonchev–Trinajstić information content (AvgIpc) is 3.09. The van der Waals surface area contributed by atoms with Crippen LogP contribution in [-0.4, -0.2) is 18.3 Å². The molecular formula is C32H29BO2. The fourth-order valence-corrected chi connectivity index (χ4v) is 5.00. The molecule has 0 bridgehead atoms. The van der Waals surface area contributed by atoms with Crippen LogP contribution < -0.4 is 5.46 Å². The molecule has 5 aromatic rings. The first-order chi connectivity index (χ1) is 16.8. The van der Waals surface area contributed by atoms with Gasteiger partial charge in [-0.15, -0.1) is 0 Å². The van der Waals surface area contributed by atoms with Crippen molar-refractivity contribution in [3.8, 4) is 22.3 Å². The van der Waals surface area contributed by atoms with E-state index in [2.05, 4.69) is 131 Å². The smallest absolute Gasteiger partial charge is 0.399 e. The summed E-state index contributed by atoms with van der Waals surface area (Å²) in [5.41, 5.74) is 5.13. The lowest BCUT2D eigenvalue weighted by atomic mass is 9.77. The molecule has 1 aliphatic heterocycles. The predicted octanol–water partition coefficient (Wildman–Crippen LogP) is 7.63. The molecule has 0 saturated carbocycles. The van der Waals surface area contributed by atoms with Gasteiger partial charge < -0.3 is 9.31 Å². The van der Waals surface area contributed by atoms with Crippen molar-refractivity contribution in [3.05, 3.63) is 103 Å². The van der Waals surface area contributed by atoms with E-state index in [0.29, 0.717) is 0 Å². The third-order valence-corrected chi connectivity index (χ3v) is 7.69. The lowest BCUT2D eigenvalue weighted by Crippen LogP contribution is -2.41. The Kier molecular flexibility index (Phi) is 5.10. The van der Waals surface area contributed by atoms with Gasteiger partial charge in [0, 0.05) is 0 Å². The molecule has 0 N–H and O–H groups in total. The van der Waals surface area contributed by atoms with Crippen LogP contribution in [0, 0.1) is 0 Å². The van der Waals surface area contributed by atoms with Crippen LogP contribution >= 0.6 is 0 Å². The van der Waals surface area contributed by atoms with Crippen molar-refractivity contribution in [2.45, 2.75) is 38.9 Å². The molecule has 3 heteroatoms. The quantitative estimate of drug-likeness (QED) is 0.260. The van der Waals surface area contributed by atoms with Crippen molar-refractivity contribution in [2.24, 2.45) is 0 Å². The largest absolute Gasteiger partial charge is 0.494 e. The van der Waals surface area contributed by atoms with Gasteiger partial charge in [-0.1, -0.05) is 97.1 Å². The van der Waals surface area contributed by atoms with E-state index >= 15 is 0 Å². The van der Waals surface area contributed by atoms with Crippen LogP contribution in [0.5, 0.6) is 0 Å². The summed E-state index contributed by atoms with van der Waals surface area (Å²) in [6.45, 7) is 8.39. The van der Waals surface area contributed by atoms with Gasteiger partial charge in [0.05, 0.1) is 11.2 Å². The van der Waals surface area contributed by atoms with Crippen LogP contribution in [0.4, 0.5) is 0 Å².